The maximum atomic E-state index is 10.4. The van der Waals surface area contributed by atoms with E-state index in [9.17, 15) is 9.59 Å². The molecule has 0 fully saturated rings. The summed E-state index contributed by atoms with van der Waals surface area (Å²) in [6, 6.07) is 0. The van der Waals surface area contributed by atoms with E-state index in [-0.39, 0.29) is 6.42 Å². The Hall–Kier alpha value is -0.860. The van der Waals surface area contributed by atoms with Crippen molar-refractivity contribution in [3.05, 3.63) is 6.92 Å². The molecule has 0 aliphatic heterocycles. The van der Waals surface area contributed by atoms with Crippen LogP contribution >= 0.6 is 0 Å². The van der Waals surface area contributed by atoms with Crippen LogP contribution in [0.25, 0.3) is 0 Å². The molecule has 0 saturated heterocycles. The highest BCUT2D eigenvalue weighted by Crippen LogP contribution is 1.89. The highest BCUT2D eigenvalue weighted by atomic mass is 16.6. The van der Waals surface area contributed by atoms with Gasteiger partial charge in [-0.3, -0.25) is 9.59 Å². The fourth-order valence-electron chi connectivity index (χ4n) is 0.356. The predicted molar refractivity (Wildman–Crippen MR) is 31.4 cm³/mol. The third kappa shape index (κ3) is 5.00. The van der Waals surface area contributed by atoms with Crippen LogP contribution in [0.5, 0.6) is 0 Å². The Balaban J connectivity index is 3.39. The van der Waals surface area contributed by atoms with Crippen LogP contribution in [0.2, 0.25) is 0 Å². The summed E-state index contributed by atoms with van der Waals surface area (Å²) < 4.78 is 4.17. The molecule has 3 nitrogen and oxygen atoms in total. The van der Waals surface area contributed by atoms with Crippen molar-refractivity contribution in [1.29, 1.82) is 0 Å². The van der Waals surface area contributed by atoms with Gasteiger partial charge < -0.3 is 4.74 Å². The summed E-state index contributed by atoms with van der Waals surface area (Å²) in [7, 11) is 0. The molecule has 51 valence electrons. The minimum Gasteiger partial charge on any atom is -0.393 e. The van der Waals surface area contributed by atoms with Gasteiger partial charge in [0, 0.05) is 13.3 Å². The third-order valence-corrected chi connectivity index (χ3v) is 0.638. The van der Waals surface area contributed by atoms with E-state index in [0.717, 1.165) is 0 Å². The molecule has 3 heteroatoms. The number of hydrogen-bond acceptors (Lipinski definition) is 3. The molecule has 0 amide bonds. The van der Waals surface area contributed by atoms with E-state index in [4.69, 9.17) is 0 Å². The van der Waals surface area contributed by atoms with Gasteiger partial charge in [0.2, 0.25) is 0 Å². The van der Waals surface area contributed by atoms with Crippen molar-refractivity contribution >= 4 is 11.9 Å². The molecular formula is C6H9O3. The van der Waals surface area contributed by atoms with Crippen LogP contribution in [0.3, 0.4) is 0 Å². The quantitative estimate of drug-likeness (QED) is 0.407. The lowest BCUT2D eigenvalue weighted by Gasteiger charge is -1.94. The lowest BCUT2D eigenvalue weighted by atomic mass is 10.3. The number of ether oxygens (including phenoxy) is 1. The summed E-state index contributed by atoms with van der Waals surface area (Å²) in [5.41, 5.74) is 0. The molecule has 9 heavy (non-hydrogen) atoms. The molecule has 0 aliphatic rings. The molecule has 0 aliphatic carbocycles. The standard InChI is InChI=1S/C6H9O3/c1-3-4-6(8)9-5(2)7/h1,3-4H2,2H3. The largest absolute Gasteiger partial charge is 0.393 e. The fraction of sp³-hybridized carbons (Fsp3) is 0.500. The summed E-state index contributed by atoms with van der Waals surface area (Å²) in [5, 5.41) is 0. The zero-order valence-electron chi connectivity index (χ0n) is 5.35. The second-order valence-electron chi connectivity index (χ2n) is 1.57. The van der Waals surface area contributed by atoms with Crippen LogP contribution < -0.4 is 0 Å². The van der Waals surface area contributed by atoms with E-state index in [1.807, 2.05) is 0 Å². The van der Waals surface area contributed by atoms with Crippen LogP contribution in [0, 0.1) is 6.92 Å². The summed E-state index contributed by atoms with van der Waals surface area (Å²) >= 11 is 0. The van der Waals surface area contributed by atoms with Gasteiger partial charge in [0.15, 0.2) is 0 Å². The lowest BCUT2D eigenvalue weighted by Crippen LogP contribution is -2.07. The SMILES string of the molecule is [CH2]CCC(=O)OC(C)=O. The molecule has 0 saturated carbocycles. The molecule has 0 aromatic rings. The van der Waals surface area contributed by atoms with Crippen molar-refractivity contribution in [1.82, 2.24) is 0 Å². The topological polar surface area (TPSA) is 43.4 Å². The normalized spacial score (nSPS) is 8.67. The smallest absolute Gasteiger partial charge is 0.313 e. The van der Waals surface area contributed by atoms with Crippen molar-refractivity contribution < 1.29 is 14.3 Å². The van der Waals surface area contributed by atoms with Crippen molar-refractivity contribution in [2.24, 2.45) is 0 Å². The minimum atomic E-state index is -0.562. The van der Waals surface area contributed by atoms with Gasteiger partial charge in [-0.25, -0.2) is 0 Å². The summed E-state index contributed by atoms with van der Waals surface area (Å²) in [6.07, 6.45) is 0.672. The first kappa shape index (κ1) is 8.14. The van der Waals surface area contributed by atoms with Crippen LogP contribution in [0.1, 0.15) is 19.8 Å². The number of hydrogen-bond donors (Lipinski definition) is 0. The second kappa shape index (κ2) is 4.06. The van der Waals surface area contributed by atoms with Crippen LogP contribution in [0.4, 0.5) is 0 Å². The Morgan fingerprint density at radius 3 is 2.44 bits per heavy atom. The molecule has 0 rings (SSSR count). The molecule has 0 atom stereocenters. The van der Waals surface area contributed by atoms with E-state index in [2.05, 4.69) is 11.7 Å². The molecule has 0 spiro atoms. The first-order valence-electron chi connectivity index (χ1n) is 2.67. The zero-order valence-corrected chi connectivity index (χ0v) is 5.35. The molecule has 0 aromatic heterocycles. The van der Waals surface area contributed by atoms with Gasteiger partial charge in [0.25, 0.3) is 0 Å². The lowest BCUT2D eigenvalue weighted by molar-refractivity contribution is -0.157. The average Bonchev–Trinajstić information content (AvgIpc) is 1.63. The van der Waals surface area contributed by atoms with Gasteiger partial charge >= 0.3 is 11.9 Å². The summed E-state index contributed by atoms with van der Waals surface area (Å²) in [4.78, 5) is 20.4. The maximum absolute atomic E-state index is 10.4. The molecule has 0 heterocycles. The number of carbonyl (C=O) groups excluding carboxylic acids is 2. The monoisotopic (exact) mass is 129 g/mol. The van der Waals surface area contributed by atoms with Crippen molar-refractivity contribution in [2.75, 3.05) is 0 Å². The van der Waals surface area contributed by atoms with E-state index in [0.29, 0.717) is 6.42 Å². The van der Waals surface area contributed by atoms with Gasteiger partial charge in [-0.05, 0) is 6.42 Å². The fourth-order valence-corrected chi connectivity index (χ4v) is 0.356. The Morgan fingerprint density at radius 1 is 1.56 bits per heavy atom. The second-order valence-corrected chi connectivity index (χ2v) is 1.57. The number of carbonyl (C=O) groups is 2. The van der Waals surface area contributed by atoms with Crippen LogP contribution in [-0.4, -0.2) is 11.9 Å². The molecule has 0 unspecified atom stereocenters. The van der Waals surface area contributed by atoms with Crippen molar-refractivity contribution in [3.63, 3.8) is 0 Å². The van der Waals surface area contributed by atoms with Crippen LogP contribution in [0.15, 0.2) is 0 Å². The molecule has 0 bridgehead atoms. The average molecular weight is 129 g/mol. The number of rotatable bonds is 2. The van der Waals surface area contributed by atoms with E-state index < -0.39 is 11.9 Å². The van der Waals surface area contributed by atoms with Gasteiger partial charge in [-0.1, -0.05) is 6.92 Å². The molecule has 0 N–H and O–H groups in total. The Kier molecular flexibility index (Phi) is 3.67. The zero-order chi connectivity index (χ0) is 7.28. The first-order valence-corrected chi connectivity index (χ1v) is 2.67. The summed E-state index contributed by atoms with van der Waals surface area (Å²) in [5.74, 6) is -1.06. The Labute approximate surface area is 54.0 Å². The van der Waals surface area contributed by atoms with Crippen LogP contribution in [-0.2, 0) is 14.3 Å². The van der Waals surface area contributed by atoms with Gasteiger partial charge in [0.05, 0.1) is 0 Å². The molecule has 0 aromatic carbocycles. The third-order valence-electron chi connectivity index (χ3n) is 0.638. The molecule has 1 radical (unpaired) electrons. The van der Waals surface area contributed by atoms with E-state index in [1.165, 1.54) is 6.92 Å². The highest BCUT2D eigenvalue weighted by Gasteiger charge is 2.02. The maximum Gasteiger partial charge on any atom is 0.313 e. The van der Waals surface area contributed by atoms with Crippen molar-refractivity contribution in [3.8, 4) is 0 Å². The Morgan fingerprint density at radius 2 is 2.11 bits per heavy atom. The predicted octanol–water partition coefficient (Wildman–Crippen LogP) is 0.690. The van der Waals surface area contributed by atoms with E-state index >= 15 is 0 Å². The minimum absolute atomic E-state index is 0.208. The highest BCUT2D eigenvalue weighted by molar-refractivity contribution is 5.83. The van der Waals surface area contributed by atoms with Gasteiger partial charge in [-0.2, -0.15) is 0 Å². The van der Waals surface area contributed by atoms with Gasteiger partial charge in [-0.15, -0.1) is 0 Å². The van der Waals surface area contributed by atoms with Crippen molar-refractivity contribution in [2.45, 2.75) is 19.8 Å². The first-order chi connectivity index (χ1) is 4.16. The summed E-state index contributed by atoms with van der Waals surface area (Å²) in [6.45, 7) is 4.62. The molecular weight excluding hydrogens is 120 g/mol. The number of esters is 2. The van der Waals surface area contributed by atoms with E-state index in [1.54, 1.807) is 0 Å². The Bertz CT molecular complexity index is 117. The van der Waals surface area contributed by atoms with Gasteiger partial charge in [0.1, 0.15) is 0 Å².